The van der Waals surface area contributed by atoms with Crippen LogP contribution in [0.2, 0.25) is 0 Å². The molecule has 2 nitrogen and oxygen atoms in total. The summed E-state index contributed by atoms with van der Waals surface area (Å²) in [6, 6.07) is 7.66. The fraction of sp³-hybridized carbons (Fsp3) is 0.562. The lowest BCUT2D eigenvalue weighted by molar-refractivity contribution is 0.0906. The van der Waals surface area contributed by atoms with Gasteiger partial charge in [0.2, 0.25) is 0 Å². The summed E-state index contributed by atoms with van der Waals surface area (Å²) in [4.78, 5) is 12.6. The number of Topliss-reactive ketones (excluding diaryl/α,β-unsaturated/α-hetero) is 1. The summed E-state index contributed by atoms with van der Waals surface area (Å²) in [5.41, 5.74) is 0.822. The first-order valence-corrected chi connectivity index (χ1v) is 8.13. The van der Waals surface area contributed by atoms with E-state index in [2.05, 4.69) is 11.8 Å². The van der Waals surface area contributed by atoms with E-state index in [0.717, 1.165) is 34.7 Å². The average Bonchev–Trinajstić information content (AvgIpc) is 2.77. The molecule has 102 valence electrons. The van der Waals surface area contributed by atoms with Crippen molar-refractivity contribution in [3.63, 3.8) is 0 Å². The molecular formula is C16H20O2S. The summed E-state index contributed by atoms with van der Waals surface area (Å²) in [7, 11) is 0. The number of carbonyl (C=O) groups is 1. The Morgan fingerprint density at radius 3 is 2.74 bits per heavy atom. The van der Waals surface area contributed by atoms with Gasteiger partial charge in [-0.3, -0.25) is 4.79 Å². The third kappa shape index (κ3) is 2.81. The third-order valence-corrected chi connectivity index (χ3v) is 5.72. The first-order valence-electron chi connectivity index (χ1n) is 7.18. The number of hydrogen-bond donors (Lipinski definition) is 0. The zero-order chi connectivity index (χ0) is 13.2. The highest BCUT2D eigenvalue weighted by atomic mass is 32.2. The van der Waals surface area contributed by atoms with Gasteiger partial charge in [0.25, 0.3) is 0 Å². The minimum atomic E-state index is 0.232. The zero-order valence-electron chi connectivity index (χ0n) is 11.3. The minimum absolute atomic E-state index is 0.232. The lowest BCUT2D eigenvalue weighted by atomic mass is 9.90. The van der Waals surface area contributed by atoms with E-state index in [4.69, 9.17) is 4.74 Å². The average molecular weight is 276 g/mol. The van der Waals surface area contributed by atoms with Crippen molar-refractivity contribution in [2.75, 3.05) is 6.61 Å². The molecule has 2 bridgehead atoms. The molecule has 0 aliphatic carbocycles. The van der Waals surface area contributed by atoms with E-state index >= 15 is 0 Å². The number of benzene rings is 1. The van der Waals surface area contributed by atoms with Crippen LogP contribution in [0.15, 0.2) is 24.3 Å². The van der Waals surface area contributed by atoms with Crippen LogP contribution in [-0.4, -0.2) is 22.9 Å². The van der Waals surface area contributed by atoms with Crippen LogP contribution in [0.3, 0.4) is 0 Å². The zero-order valence-corrected chi connectivity index (χ0v) is 12.1. The van der Waals surface area contributed by atoms with Crippen LogP contribution < -0.4 is 4.74 Å². The summed E-state index contributed by atoms with van der Waals surface area (Å²) in [5.74, 6) is 1.36. The van der Waals surface area contributed by atoms with Crippen molar-refractivity contribution in [1.82, 2.24) is 0 Å². The van der Waals surface area contributed by atoms with Gasteiger partial charge < -0.3 is 4.74 Å². The lowest BCUT2D eigenvalue weighted by Crippen LogP contribution is -2.24. The molecule has 0 saturated carbocycles. The molecule has 2 atom stereocenters. The Morgan fingerprint density at radius 2 is 2.05 bits per heavy atom. The Morgan fingerprint density at radius 1 is 1.32 bits per heavy atom. The first-order chi connectivity index (χ1) is 9.26. The lowest BCUT2D eigenvalue weighted by Gasteiger charge is -2.26. The molecule has 2 heterocycles. The second kappa shape index (κ2) is 5.58. The van der Waals surface area contributed by atoms with Crippen molar-refractivity contribution in [3.05, 3.63) is 29.8 Å². The molecule has 2 saturated heterocycles. The Kier molecular flexibility index (Phi) is 3.83. The smallest absolute Gasteiger partial charge is 0.166 e. The maximum Gasteiger partial charge on any atom is 0.166 e. The van der Waals surface area contributed by atoms with Crippen LogP contribution in [0, 0.1) is 5.92 Å². The number of carbonyl (C=O) groups excluding carboxylic acids is 1. The van der Waals surface area contributed by atoms with Gasteiger partial charge in [0.05, 0.1) is 6.61 Å². The molecule has 2 fully saturated rings. The quantitative estimate of drug-likeness (QED) is 0.779. The molecule has 2 unspecified atom stereocenters. The Balaban J connectivity index is 1.74. The van der Waals surface area contributed by atoms with Gasteiger partial charge in [-0.1, -0.05) is 12.1 Å². The molecule has 0 N–H and O–H groups in total. The fourth-order valence-electron chi connectivity index (χ4n) is 3.21. The normalized spacial score (nSPS) is 29.2. The van der Waals surface area contributed by atoms with E-state index in [1.807, 2.05) is 31.2 Å². The molecule has 0 spiro atoms. The maximum absolute atomic E-state index is 12.6. The van der Waals surface area contributed by atoms with Crippen molar-refractivity contribution in [3.8, 4) is 5.75 Å². The predicted octanol–water partition coefficient (Wildman–Crippen LogP) is 3.94. The molecule has 0 amide bonds. The first kappa shape index (κ1) is 13.0. The van der Waals surface area contributed by atoms with E-state index < -0.39 is 0 Å². The molecule has 2 aliphatic heterocycles. The molecule has 0 radical (unpaired) electrons. The molecule has 3 rings (SSSR count). The largest absolute Gasteiger partial charge is 0.494 e. The highest BCUT2D eigenvalue weighted by Gasteiger charge is 2.37. The summed E-state index contributed by atoms with van der Waals surface area (Å²) in [5, 5.41) is 1.45. The maximum atomic E-state index is 12.6. The van der Waals surface area contributed by atoms with E-state index in [-0.39, 0.29) is 5.92 Å². The minimum Gasteiger partial charge on any atom is -0.494 e. The van der Waals surface area contributed by atoms with Gasteiger partial charge in [0.1, 0.15) is 5.75 Å². The molecule has 0 aromatic heterocycles. The van der Waals surface area contributed by atoms with E-state index in [1.165, 1.54) is 12.8 Å². The highest BCUT2D eigenvalue weighted by Crippen LogP contribution is 2.46. The van der Waals surface area contributed by atoms with Gasteiger partial charge in [-0.15, -0.1) is 0 Å². The van der Waals surface area contributed by atoms with Gasteiger partial charge >= 0.3 is 0 Å². The number of fused-ring (bicyclic) bond motifs is 2. The summed E-state index contributed by atoms with van der Waals surface area (Å²) in [6.45, 7) is 2.60. The Labute approximate surface area is 118 Å². The van der Waals surface area contributed by atoms with Crippen molar-refractivity contribution < 1.29 is 9.53 Å². The summed E-state index contributed by atoms with van der Waals surface area (Å²) < 4.78 is 5.48. The molecular weight excluding hydrogens is 256 g/mol. The van der Waals surface area contributed by atoms with Crippen LogP contribution in [0.4, 0.5) is 0 Å². The van der Waals surface area contributed by atoms with Crippen LogP contribution in [0.25, 0.3) is 0 Å². The van der Waals surface area contributed by atoms with Crippen LogP contribution in [-0.2, 0) is 0 Å². The van der Waals surface area contributed by atoms with E-state index in [9.17, 15) is 4.79 Å². The Bertz CT molecular complexity index is 460. The molecule has 2 aliphatic rings. The van der Waals surface area contributed by atoms with E-state index in [0.29, 0.717) is 12.4 Å². The second-order valence-corrected chi connectivity index (χ2v) is 7.06. The number of ketones is 1. The highest BCUT2D eigenvalue weighted by molar-refractivity contribution is 8.00. The third-order valence-electron chi connectivity index (χ3n) is 4.09. The standard InChI is InChI=1S/C16H20O2S/c1-2-18-13-5-3-4-11(8-13)16(17)12-9-14-6-7-15(10-12)19-14/h3-5,8,12,14-15H,2,6-7,9-10H2,1H3. The van der Waals surface area contributed by atoms with Crippen molar-refractivity contribution in [1.29, 1.82) is 0 Å². The van der Waals surface area contributed by atoms with E-state index in [1.54, 1.807) is 0 Å². The molecule has 1 aromatic carbocycles. The predicted molar refractivity (Wildman–Crippen MR) is 79.1 cm³/mol. The Hall–Kier alpha value is -0.960. The van der Waals surface area contributed by atoms with Gasteiger partial charge in [-0.05, 0) is 44.7 Å². The number of rotatable bonds is 4. The SMILES string of the molecule is CCOc1cccc(C(=O)C2CC3CCC(C2)S3)c1. The van der Waals surface area contributed by atoms with Crippen molar-refractivity contribution in [2.45, 2.75) is 43.1 Å². The van der Waals surface area contributed by atoms with Crippen molar-refractivity contribution in [2.24, 2.45) is 5.92 Å². The number of ether oxygens (including phenoxy) is 1. The molecule has 19 heavy (non-hydrogen) atoms. The topological polar surface area (TPSA) is 26.3 Å². The number of thioether (sulfide) groups is 1. The van der Waals surface area contributed by atoms with Crippen LogP contribution in [0.5, 0.6) is 5.75 Å². The van der Waals surface area contributed by atoms with Crippen LogP contribution >= 0.6 is 11.8 Å². The fourth-order valence-corrected chi connectivity index (χ4v) is 4.99. The van der Waals surface area contributed by atoms with Crippen LogP contribution in [0.1, 0.15) is 43.0 Å². The molecule has 3 heteroatoms. The van der Waals surface area contributed by atoms with Crippen molar-refractivity contribution >= 4 is 17.5 Å². The summed E-state index contributed by atoms with van der Waals surface area (Å²) in [6.07, 6.45) is 4.74. The second-order valence-electron chi connectivity index (χ2n) is 5.45. The monoisotopic (exact) mass is 276 g/mol. The summed E-state index contributed by atoms with van der Waals surface area (Å²) >= 11 is 2.10. The number of hydrogen-bond acceptors (Lipinski definition) is 3. The van der Waals surface area contributed by atoms with Gasteiger partial charge in [0, 0.05) is 22.0 Å². The molecule has 1 aromatic rings. The van der Waals surface area contributed by atoms with Gasteiger partial charge in [0.15, 0.2) is 5.78 Å². The van der Waals surface area contributed by atoms with Gasteiger partial charge in [-0.2, -0.15) is 11.8 Å². The van der Waals surface area contributed by atoms with Gasteiger partial charge in [-0.25, -0.2) is 0 Å².